The van der Waals surface area contributed by atoms with E-state index in [0.29, 0.717) is 11.1 Å². The maximum atomic E-state index is 13.4. The summed E-state index contributed by atoms with van der Waals surface area (Å²) >= 11 is 0. The number of rotatable bonds is 5. The lowest BCUT2D eigenvalue weighted by Crippen LogP contribution is -2.25. The van der Waals surface area contributed by atoms with Crippen LogP contribution in [0.4, 0.5) is 23.7 Å². The molecule has 4 rings (SSSR count). The summed E-state index contributed by atoms with van der Waals surface area (Å²) in [7, 11) is -0.528. The minimum absolute atomic E-state index is 0.0350. The lowest BCUT2D eigenvalue weighted by molar-refractivity contribution is -0.137. The van der Waals surface area contributed by atoms with Gasteiger partial charge in [-0.25, -0.2) is 9.36 Å². The molecule has 1 aliphatic heterocycles. The third kappa shape index (κ3) is 4.17. The van der Waals surface area contributed by atoms with Gasteiger partial charge in [0, 0.05) is 22.3 Å². The molecule has 0 spiro atoms. The van der Waals surface area contributed by atoms with Gasteiger partial charge in [-0.15, -0.1) is 0 Å². The van der Waals surface area contributed by atoms with Crippen LogP contribution in [0.2, 0.25) is 0 Å². The van der Waals surface area contributed by atoms with Crippen molar-refractivity contribution < 1.29 is 31.8 Å². The van der Waals surface area contributed by atoms with Gasteiger partial charge < -0.3 is 9.72 Å². The second-order valence-electron chi connectivity index (χ2n) is 6.81. The van der Waals surface area contributed by atoms with Crippen molar-refractivity contribution in [3.63, 3.8) is 0 Å². The number of hydrogen-bond acceptors (Lipinski definition) is 5. The number of hydrogen-bond donors (Lipinski definition) is 1. The van der Waals surface area contributed by atoms with Crippen LogP contribution < -0.4 is 10.5 Å². The van der Waals surface area contributed by atoms with Gasteiger partial charge in [0.1, 0.15) is 6.10 Å². The predicted octanol–water partition coefficient (Wildman–Crippen LogP) is 4.76. The molecule has 0 saturated carbocycles. The number of alkyl halides is 3. The number of pyridine rings is 1. The normalized spacial score (nSPS) is 16.8. The molecular weight excluding hydrogens is 436 g/mol. The first-order valence-electron chi connectivity index (χ1n) is 9.04. The Labute approximate surface area is 174 Å². The lowest BCUT2D eigenvalue weighted by Gasteiger charge is -2.15. The van der Waals surface area contributed by atoms with Crippen molar-refractivity contribution in [2.45, 2.75) is 12.3 Å². The largest absolute Gasteiger partial charge is 0.441 e. The van der Waals surface area contributed by atoms with Crippen LogP contribution in [0.25, 0.3) is 22.0 Å². The molecule has 3 aromatic rings. The number of nitrogens with zero attached hydrogens (tertiary/aromatic N) is 1. The highest BCUT2D eigenvalue weighted by Gasteiger charge is 2.34. The van der Waals surface area contributed by atoms with Crippen LogP contribution in [-0.2, 0) is 20.0 Å². The van der Waals surface area contributed by atoms with Crippen LogP contribution in [0, 0.1) is 0 Å². The SMILES string of the molecule is O=POC[C@@H]1CN(c2ccc3cc(-c4ccccc4C(F)(F)F)[nH]c(=O)c3c2)C(=O)O1. The number of aromatic amines is 1. The Bertz CT molecular complexity index is 1230. The summed E-state index contributed by atoms with van der Waals surface area (Å²) in [6.45, 7) is 0.0816. The second-order valence-corrected chi connectivity index (χ2v) is 7.22. The highest BCUT2D eigenvalue weighted by atomic mass is 31.1. The summed E-state index contributed by atoms with van der Waals surface area (Å²) < 4.78 is 60.3. The van der Waals surface area contributed by atoms with Gasteiger partial charge in [0.2, 0.25) is 0 Å². The third-order valence-electron chi connectivity index (χ3n) is 4.85. The van der Waals surface area contributed by atoms with Gasteiger partial charge in [0.15, 0.2) is 0 Å². The molecule has 1 aromatic heterocycles. The van der Waals surface area contributed by atoms with Gasteiger partial charge in [-0.1, -0.05) is 24.3 Å². The quantitative estimate of drug-likeness (QED) is 0.566. The van der Waals surface area contributed by atoms with Gasteiger partial charge in [-0.2, -0.15) is 13.2 Å². The number of carbonyl (C=O) groups excluding carboxylic acids is 1. The molecular formula is C20H14F3N2O5P. The van der Waals surface area contributed by atoms with E-state index < -0.39 is 38.2 Å². The van der Waals surface area contributed by atoms with Crippen LogP contribution in [0.15, 0.2) is 53.3 Å². The number of anilines is 1. The fourth-order valence-corrected chi connectivity index (χ4v) is 3.69. The van der Waals surface area contributed by atoms with E-state index in [9.17, 15) is 27.3 Å². The number of H-pyrrole nitrogens is 1. The Balaban J connectivity index is 1.71. The van der Waals surface area contributed by atoms with Gasteiger partial charge in [-0.05, 0) is 29.7 Å². The molecule has 31 heavy (non-hydrogen) atoms. The van der Waals surface area contributed by atoms with Crippen LogP contribution in [0.5, 0.6) is 0 Å². The Hall–Kier alpha value is -3.23. The fraction of sp³-hybridized carbons (Fsp3) is 0.200. The number of ether oxygens (including phenoxy) is 1. The summed E-state index contributed by atoms with van der Waals surface area (Å²) in [6.07, 6.45) is -5.85. The number of benzene rings is 2. The van der Waals surface area contributed by atoms with Crippen molar-refractivity contribution in [3.8, 4) is 11.3 Å². The highest BCUT2D eigenvalue weighted by Crippen LogP contribution is 2.36. The van der Waals surface area contributed by atoms with Crippen LogP contribution >= 0.6 is 8.69 Å². The summed E-state index contributed by atoms with van der Waals surface area (Å²) in [6, 6.07) is 11.0. The highest BCUT2D eigenvalue weighted by molar-refractivity contribution is 7.17. The number of carbonyl (C=O) groups is 1. The average Bonchev–Trinajstić information content (AvgIpc) is 3.12. The third-order valence-corrected chi connectivity index (χ3v) is 5.11. The first-order valence-corrected chi connectivity index (χ1v) is 9.77. The fourth-order valence-electron chi connectivity index (χ4n) is 3.46. The van der Waals surface area contributed by atoms with E-state index in [-0.39, 0.29) is 29.8 Å². The molecule has 2 aromatic carbocycles. The maximum absolute atomic E-state index is 13.4. The molecule has 1 fully saturated rings. The molecule has 7 nitrogen and oxygen atoms in total. The van der Waals surface area contributed by atoms with Crippen LogP contribution in [0.3, 0.4) is 0 Å². The monoisotopic (exact) mass is 450 g/mol. The molecule has 1 amide bonds. The first kappa shape index (κ1) is 21.0. The lowest BCUT2D eigenvalue weighted by atomic mass is 10.0. The zero-order valence-electron chi connectivity index (χ0n) is 15.7. The summed E-state index contributed by atoms with van der Waals surface area (Å²) in [4.78, 5) is 28.6. The molecule has 0 aliphatic carbocycles. The van der Waals surface area contributed by atoms with Gasteiger partial charge in [0.25, 0.3) is 5.56 Å². The average molecular weight is 450 g/mol. The number of amides is 1. The molecule has 1 aliphatic rings. The summed E-state index contributed by atoms with van der Waals surface area (Å²) in [5.74, 6) is 0. The Morgan fingerprint density at radius 2 is 1.94 bits per heavy atom. The molecule has 11 heteroatoms. The van der Waals surface area contributed by atoms with E-state index in [1.54, 1.807) is 12.1 Å². The first-order chi connectivity index (χ1) is 14.8. The number of cyclic esters (lactones) is 1. The minimum atomic E-state index is -4.58. The molecule has 1 N–H and O–H groups in total. The van der Waals surface area contributed by atoms with E-state index in [1.165, 1.54) is 35.2 Å². The standard InChI is InChI=1S/C20H14F3N2O5P/c21-20(22,23)16-4-2-1-3-14(16)17-7-11-5-6-12(8-15(11)18(26)24-17)25-9-13(10-29-31-28)30-19(25)27/h1-8,13H,9-10H2,(H,24,26)/t13-/m0/s1. The van der Waals surface area contributed by atoms with Gasteiger partial charge >= 0.3 is 21.0 Å². The van der Waals surface area contributed by atoms with E-state index in [4.69, 9.17) is 9.26 Å². The Morgan fingerprint density at radius 1 is 1.16 bits per heavy atom. The van der Waals surface area contributed by atoms with E-state index in [2.05, 4.69) is 4.98 Å². The van der Waals surface area contributed by atoms with E-state index >= 15 is 0 Å². The number of fused-ring (bicyclic) bond motifs is 1. The van der Waals surface area contributed by atoms with Crippen molar-refractivity contribution in [1.29, 1.82) is 0 Å². The van der Waals surface area contributed by atoms with E-state index in [0.717, 1.165) is 6.07 Å². The molecule has 2 heterocycles. The molecule has 0 radical (unpaired) electrons. The maximum Gasteiger partial charge on any atom is 0.417 e. The number of halogens is 3. The zero-order chi connectivity index (χ0) is 22.2. The zero-order valence-corrected chi connectivity index (χ0v) is 16.6. The van der Waals surface area contributed by atoms with Crippen molar-refractivity contribution >= 4 is 31.2 Å². The predicted molar refractivity (Wildman–Crippen MR) is 106 cm³/mol. The topological polar surface area (TPSA) is 88.7 Å². The summed E-state index contributed by atoms with van der Waals surface area (Å²) in [5, 5.41) is 0.619. The molecule has 1 saturated heterocycles. The van der Waals surface area contributed by atoms with Gasteiger partial charge in [0.05, 0.1) is 18.7 Å². The molecule has 0 unspecified atom stereocenters. The summed E-state index contributed by atoms with van der Waals surface area (Å²) in [5.41, 5.74) is -1.17. The van der Waals surface area contributed by atoms with Crippen LogP contribution in [-0.4, -0.2) is 30.3 Å². The molecule has 0 bridgehead atoms. The molecule has 160 valence electrons. The van der Waals surface area contributed by atoms with Crippen LogP contribution in [0.1, 0.15) is 5.56 Å². The molecule has 1 atom stereocenters. The number of aromatic nitrogens is 1. The van der Waals surface area contributed by atoms with Gasteiger partial charge in [-0.3, -0.25) is 14.2 Å². The van der Waals surface area contributed by atoms with Crippen molar-refractivity contribution in [2.24, 2.45) is 0 Å². The van der Waals surface area contributed by atoms with Crippen molar-refractivity contribution in [2.75, 3.05) is 18.1 Å². The van der Waals surface area contributed by atoms with Crippen molar-refractivity contribution in [1.82, 2.24) is 4.98 Å². The minimum Gasteiger partial charge on any atom is -0.441 e. The second kappa shape index (κ2) is 8.13. The van der Waals surface area contributed by atoms with Crippen molar-refractivity contribution in [3.05, 3.63) is 64.4 Å². The smallest absolute Gasteiger partial charge is 0.417 e. The Morgan fingerprint density at radius 3 is 2.68 bits per heavy atom. The number of nitrogens with one attached hydrogen (secondary N) is 1. The van der Waals surface area contributed by atoms with E-state index in [1.807, 2.05) is 0 Å². The Kier molecular flexibility index (Phi) is 5.51.